The molecule has 0 saturated carbocycles. The minimum absolute atomic E-state index is 0.141. The number of pyridine rings is 1. The summed E-state index contributed by atoms with van der Waals surface area (Å²) in [5.74, 6) is -0.291. The molecule has 0 atom stereocenters. The van der Waals surface area contributed by atoms with Crippen molar-refractivity contribution in [3.05, 3.63) is 62.1 Å². The third-order valence-electron chi connectivity index (χ3n) is 5.38. The molecule has 0 unspecified atom stereocenters. The molecule has 0 bridgehead atoms. The van der Waals surface area contributed by atoms with Crippen molar-refractivity contribution in [1.82, 2.24) is 4.57 Å². The largest absolute Gasteiger partial charge is 0.350 e. The summed E-state index contributed by atoms with van der Waals surface area (Å²) in [6, 6.07) is 6.09. The second-order valence-electron chi connectivity index (χ2n) is 7.00. The predicted octanol–water partition coefficient (Wildman–Crippen LogP) is 4.59. The summed E-state index contributed by atoms with van der Waals surface area (Å²) in [5.41, 5.74) is 5.70. The van der Waals surface area contributed by atoms with Gasteiger partial charge in [-0.15, -0.1) is 0 Å². The maximum atomic E-state index is 13.2. The van der Waals surface area contributed by atoms with Gasteiger partial charge in [0.05, 0.1) is 0 Å². The van der Waals surface area contributed by atoms with E-state index in [1.807, 2.05) is 43.7 Å². The van der Waals surface area contributed by atoms with Gasteiger partial charge in [-0.05, 0) is 43.7 Å². The van der Waals surface area contributed by atoms with Crippen molar-refractivity contribution in [2.75, 3.05) is 5.32 Å². The van der Waals surface area contributed by atoms with Gasteiger partial charge in [0.15, 0.2) is 5.43 Å². The van der Waals surface area contributed by atoms with E-state index in [4.69, 9.17) is 0 Å². The molecule has 0 fully saturated rings. The molecule has 1 N–H and O–H groups in total. The number of nitrogens with one attached hydrogen (secondary N) is 1. The molecule has 1 aromatic carbocycles. The number of nitrogens with zero attached hydrogens (tertiary/aromatic N) is 1. The van der Waals surface area contributed by atoms with E-state index in [2.05, 4.69) is 26.1 Å². The van der Waals surface area contributed by atoms with Crippen LogP contribution < -0.4 is 10.7 Å². The highest BCUT2D eigenvalue weighted by atomic mass is 16.2. The number of carbonyl (C=O) groups excluding carboxylic acids is 1. The number of aryl methyl sites for hydroxylation is 2. The predicted molar refractivity (Wildman–Crippen MR) is 113 cm³/mol. The van der Waals surface area contributed by atoms with Crippen molar-refractivity contribution < 1.29 is 4.79 Å². The van der Waals surface area contributed by atoms with Gasteiger partial charge in [0.1, 0.15) is 5.56 Å². The van der Waals surface area contributed by atoms with Crippen molar-refractivity contribution >= 4 is 11.6 Å². The summed E-state index contributed by atoms with van der Waals surface area (Å²) in [6.07, 6.45) is 4.02. The lowest BCUT2D eigenvalue weighted by atomic mass is 10.00. The topological polar surface area (TPSA) is 51.1 Å². The Morgan fingerprint density at radius 3 is 2.07 bits per heavy atom. The van der Waals surface area contributed by atoms with Gasteiger partial charge in [-0.2, -0.15) is 0 Å². The standard InChI is InChI=1S/C23H32N2O2/c1-7-12-19-20(22(26)15(5)18(10-4)25(19)6)23(27)24-21-16(8-2)13-11-14-17(21)9-3/h11,13-14H,7-10,12H2,1-6H3,(H,24,27). The van der Waals surface area contributed by atoms with Crippen LogP contribution in [0.2, 0.25) is 0 Å². The first kappa shape index (κ1) is 20.9. The Morgan fingerprint density at radius 2 is 1.59 bits per heavy atom. The zero-order valence-electron chi connectivity index (χ0n) is 17.5. The van der Waals surface area contributed by atoms with Crippen molar-refractivity contribution in [2.45, 2.75) is 66.7 Å². The zero-order valence-corrected chi connectivity index (χ0v) is 17.5. The van der Waals surface area contributed by atoms with Crippen LogP contribution in [0.25, 0.3) is 0 Å². The number of hydrogen-bond donors (Lipinski definition) is 1. The number of para-hydroxylation sites is 1. The lowest BCUT2D eigenvalue weighted by Crippen LogP contribution is -2.31. The van der Waals surface area contributed by atoms with Crippen LogP contribution in [0.1, 0.15) is 72.6 Å². The van der Waals surface area contributed by atoms with Crippen molar-refractivity contribution in [3.63, 3.8) is 0 Å². The van der Waals surface area contributed by atoms with E-state index in [-0.39, 0.29) is 11.3 Å². The molecule has 1 amide bonds. The summed E-state index contributed by atoms with van der Waals surface area (Å²) in [7, 11) is 1.96. The van der Waals surface area contributed by atoms with E-state index in [0.717, 1.165) is 53.9 Å². The third kappa shape index (κ3) is 4.00. The van der Waals surface area contributed by atoms with Gasteiger partial charge in [0.25, 0.3) is 5.91 Å². The van der Waals surface area contributed by atoms with Crippen LogP contribution in [0.15, 0.2) is 23.0 Å². The molecule has 0 aliphatic heterocycles. The molecule has 2 rings (SSSR count). The van der Waals surface area contributed by atoms with Gasteiger partial charge < -0.3 is 9.88 Å². The average molecular weight is 369 g/mol. The molecule has 27 heavy (non-hydrogen) atoms. The lowest BCUT2D eigenvalue weighted by molar-refractivity contribution is 0.102. The summed E-state index contributed by atoms with van der Waals surface area (Å²) in [6.45, 7) is 10.1. The van der Waals surface area contributed by atoms with Gasteiger partial charge in [0, 0.05) is 29.7 Å². The number of carbonyl (C=O) groups is 1. The zero-order chi connectivity index (χ0) is 20.1. The van der Waals surface area contributed by atoms with Crippen LogP contribution in [0.3, 0.4) is 0 Å². The van der Waals surface area contributed by atoms with E-state index in [9.17, 15) is 9.59 Å². The second kappa shape index (κ2) is 9.03. The fourth-order valence-corrected chi connectivity index (χ4v) is 3.88. The molecule has 1 heterocycles. The summed E-state index contributed by atoms with van der Waals surface area (Å²) < 4.78 is 2.04. The maximum absolute atomic E-state index is 13.2. The van der Waals surface area contributed by atoms with E-state index in [1.165, 1.54) is 0 Å². The molecule has 4 heteroatoms. The first-order chi connectivity index (χ1) is 12.9. The highest BCUT2D eigenvalue weighted by Gasteiger charge is 2.23. The van der Waals surface area contributed by atoms with Crippen LogP contribution in [0, 0.1) is 6.92 Å². The number of amides is 1. The Balaban J connectivity index is 2.63. The molecule has 2 aromatic rings. The minimum Gasteiger partial charge on any atom is -0.350 e. The SMILES string of the molecule is CCCc1c(C(=O)Nc2c(CC)cccc2CC)c(=O)c(C)c(CC)n1C. The first-order valence-electron chi connectivity index (χ1n) is 10.0. The van der Waals surface area contributed by atoms with E-state index in [1.54, 1.807) is 0 Å². The number of anilines is 1. The molecular weight excluding hydrogens is 336 g/mol. The molecule has 4 nitrogen and oxygen atoms in total. The molecule has 0 aliphatic rings. The summed E-state index contributed by atoms with van der Waals surface area (Å²) >= 11 is 0. The Bertz CT molecular complexity index is 872. The monoisotopic (exact) mass is 368 g/mol. The molecule has 0 spiro atoms. The average Bonchev–Trinajstić information content (AvgIpc) is 2.66. The van der Waals surface area contributed by atoms with Crippen LogP contribution in [0.4, 0.5) is 5.69 Å². The smallest absolute Gasteiger partial charge is 0.261 e. The minimum atomic E-state index is -0.291. The Hall–Kier alpha value is -2.36. The highest BCUT2D eigenvalue weighted by Crippen LogP contribution is 2.24. The number of hydrogen-bond acceptors (Lipinski definition) is 2. The number of aromatic nitrogens is 1. The lowest BCUT2D eigenvalue weighted by Gasteiger charge is -2.20. The Morgan fingerprint density at radius 1 is 1.00 bits per heavy atom. The van der Waals surface area contributed by atoms with Crippen molar-refractivity contribution in [1.29, 1.82) is 0 Å². The third-order valence-corrected chi connectivity index (χ3v) is 5.38. The molecule has 1 aromatic heterocycles. The van der Waals surface area contributed by atoms with E-state index >= 15 is 0 Å². The first-order valence-corrected chi connectivity index (χ1v) is 10.0. The van der Waals surface area contributed by atoms with Gasteiger partial charge >= 0.3 is 0 Å². The van der Waals surface area contributed by atoms with Gasteiger partial charge in [-0.1, -0.05) is 52.3 Å². The number of benzene rings is 1. The van der Waals surface area contributed by atoms with Gasteiger partial charge in [-0.25, -0.2) is 0 Å². The van der Waals surface area contributed by atoms with Crippen LogP contribution in [-0.4, -0.2) is 10.5 Å². The van der Waals surface area contributed by atoms with Crippen LogP contribution in [0.5, 0.6) is 0 Å². The van der Waals surface area contributed by atoms with Crippen molar-refractivity contribution in [3.8, 4) is 0 Å². The second-order valence-corrected chi connectivity index (χ2v) is 7.00. The Kier molecular flexibility index (Phi) is 7.00. The molecule has 0 radical (unpaired) electrons. The molecular formula is C23H32N2O2. The van der Waals surface area contributed by atoms with Crippen LogP contribution in [-0.2, 0) is 32.7 Å². The summed E-state index contributed by atoms with van der Waals surface area (Å²) in [5, 5.41) is 3.08. The molecule has 0 saturated heterocycles. The van der Waals surface area contributed by atoms with E-state index in [0.29, 0.717) is 17.5 Å². The molecule has 146 valence electrons. The van der Waals surface area contributed by atoms with Crippen molar-refractivity contribution in [2.24, 2.45) is 7.05 Å². The highest BCUT2D eigenvalue weighted by molar-refractivity contribution is 6.06. The van der Waals surface area contributed by atoms with Gasteiger partial charge in [-0.3, -0.25) is 9.59 Å². The fraction of sp³-hybridized carbons (Fsp3) is 0.478. The van der Waals surface area contributed by atoms with Crippen LogP contribution >= 0.6 is 0 Å². The quantitative estimate of drug-likeness (QED) is 0.777. The summed E-state index contributed by atoms with van der Waals surface area (Å²) in [4.78, 5) is 26.3. The maximum Gasteiger partial charge on any atom is 0.261 e. The number of rotatable bonds is 7. The normalized spacial score (nSPS) is 10.9. The van der Waals surface area contributed by atoms with E-state index < -0.39 is 0 Å². The van der Waals surface area contributed by atoms with Gasteiger partial charge in [0.2, 0.25) is 0 Å². The molecule has 0 aliphatic carbocycles. The fourth-order valence-electron chi connectivity index (χ4n) is 3.88. The Labute approximate surface area is 162 Å².